The smallest absolute Gasteiger partial charge is 0.212 e. The van der Waals surface area contributed by atoms with Gasteiger partial charge < -0.3 is 0 Å². The topological polar surface area (TPSA) is 34.9 Å². The number of carbonyl (C=O) groups is 1. The quantitative estimate of drug-likeness (QED) is 0.766. The summed E-state index contributed by atoms with van der Waals surface area (Å²) in [5.74, 6) is -0.0869. The number of aryl methyl sites for hydroxylation is 3. The molecule has 3 nitrogen and oxygen atoms in total. The summed E-state index contributed by atoms with van der Waals surface area (Å²) in [6.45, 7) is 3.87. The Labute approximate surface area is 105 Å². The highest BCUT2D eigenvalue weighted by atomic mass is 35.5. The van der Waals surface area contributed by atoms with E-state index < -0.39 is 0 Å². The van der Waals surface area contributed by atoms with Crippen molar-refractivity contribution in [1.82, 2.24) is 9.78 Å². The average molecular weight is 249 g/mol. The van der Waals surface area contributed by atoms with Crippen molar-refractivity contribution in [2.75, 3.05) is 0 Å². The molecule has 0 fully saturated rings. The Morgan fingerprint density at radius 3 is 2.65 bits per heavy atom. The van der Waals surface area contributed by atoms with E-state index in [-0.39, 0.29) is 5.78 Å². The molecule has 0 bridgehead atoms. The molecule has 2 rings (SSSR count). The van der Waals surface area contributed by atoms with Crippen molar-refractivity contribution in [2.24, 2.45) is 7.05 Å². The predicted molar refractivity (Wildman–Crippen MR) is 67.6 cm³/mol. The molecule has 0 atom stereocenters. The lowest BCUT2D eigenvalue weighted by Crippen LogP contribution is -2.10. The van der Waals surface area contributed by atoms with Gasteiger partial charge in [0.05, 0.1) is 11.2 Å². The summed E-state index contributed by atoms with van der Waals surface area (Å²) in [4.78, 5) is 12.4. The van der Waals surface area contributed by atoms with Crippen molar-refractivity contribution < 1.29 is 4.79 Å². The monoisotopic (exact) mass is 248 g/mol. The number of ketones is 1. The van der Waals surface area contributed by atoms with Crippen molar-refractivity contribution in [2.45, 2.75) is 13.8 Å². The fourth-order valence-electron chi connectivity index (χ4n) is 1.77. The number of hydrogen-bond acceptors (Lipinski definition) is 2. The molecule has 0 radical (unpaired) electrons. The molecule has 1 heterocycles. The Kier molecular flexibility index (Phi) is 3.03. The van der Waals surface area contributed by atoms with Gasteiger partial charge in [-0.3, -0.25) is 9.48 Å². The Bertz CT molecular complexity index is 568. The maximum atomic E-state index is 12.4. The zero-order valence-electron chi connectivity index (χ0n) is 9.99. The average Bonchev–Trinajstić information content (AvgIpc) is 2.61. The maximum Gasteiger partial charge on any atom is 0.212 e. The van der Waals surface area contributed by atoms with Gasteiger partial charge in [0.25, 0.3) is 0 Å². The van der Waals surface area contributed by atoms with Crippen LogP contribution in [-0.4, -0.2) is 15.6 Å². The van der Waals surface area contributed by atoms with Gasteiger partial charge in [-0.25, -0.2) is 0 Å². The molecule has 0 spiro atoms. The number of nitrogens with zero attached hydrogens (tertiary/aromatic N) is 2. The highest BCUT2D eigenvalue weighted by molar-refractivity contribution is 6.34. The predicted octanol–water partition coefficient (Wildman–Crippen LogP) is 2.92. The molecule has 0 N–H and O–H groups in total. The van der Waals surface area contributed by atoms with Gasteiger partial charge in [0.1, 0.15) is 5.69 Å². The van der Waals surface area contributed by atoms with Crippen molar-refractivity contribution in [1.29, 1.82) is 0 Å². The van der Waals surface area contributed by atoms with Gasteiger partial charge in [0, 0.05) is 12.6 Å². The van der Waals surface area contributed by atoms with E-state index in [4.69, 9.17) is 11.6 Å². The SMILES string of the molecule is Cc1ccc(C)c(C(=O)c2c(Cl)cnn2C)c1. The second-order valence-electron chi connectivity index (χ2n) is 4.11. The van der Waals surface area contributed by atoms with Gasteiger partial charge in [-0.2, -0.15) is 5.10 Å². The zero-order chi connectivity index (χ0) is 12.6. The van der Waals surface area contributed by atoms with Crippen molar-refractivity contribution in [3.63, 3.8) is 0 Å². The van der Waals surface area contributed by atoms with E-state index in [0.717, 1.165) is 11.1 Å². The van der Waals surface area contributed by atoms with Crippen LogP contribution in [-0.2, 0) is 7.05 Å². The molecule has 0 amide bonds. The van der Waals surface area contributed by atoms with Crippen LogP contribution in [0.1, 0.15) is 27.2 Å². The first-order valence-electron chi connectivity index (χ1n) is 5.30. The molecule has 4 heteroatoms. The third-order valence-corrected chi connectivity index (χ3v) is 3.02. The van der Waals surface area contributed by atoms with Gasteiger partial charge in [0.2, 0.25) is 5.78 Å². The molecule has 0 aliphatic rings. The molecule has 1 aromatic heterocycles. The van der Waals surface area contributed by atoms with Crippen molar-refractivity contribution in [3.8, 4) is 0 Å². The van der Waals surface area contributed by atoms with Crippen LogP contribution in [0, 0.1) is 13.8 Å². The van der Waals surface area contributed by atoms with Crippen LogP contribution in [0.25, 0.3) is 0 Å². The standard InChI is InChI=1S/C13H13ClN2O/c1-8-4-5-9(2)10(6-8)13(17)12-11(14)7-15-16(12)3/h4-7H,1-3H3. The third kappa shape index (κ3) is 2.11. The Morgan fingerprint density at radius 1 is 1.35 bits per heavy atom. The first kappa shape index (κ1) is 11.9. The molecule has 88 valence electrons. The van der Waals surface area contributed by atoms with Crippen LogP contribution in [0.5, 0.6) is 0 Å². The second kappa shape index (κ2) is 4.34. The van der Waals surface area contributed by atoms with Gasteiger partial charge >= 0.3 is 0 Å². The number of carbonyl (C=O) groups excluding carboxylic acids is 1. The van der Waals surface area contributed by atoms with Gasteiger partial charge in [-0.1, -0.05) is 29.3 Å². The van der Waals surface area contributed by atoms with E-state index in [1.807, 2.05) is 32.0 Å². The molecule has 0 saturated carbocycles. The molecule has 0 aliphatic heterocycles. The summed E-state index contributed by atoms with van der Waals surface area (Å²) < 4.78 is 1.51. The minimum absolute atomic E-state index is 0.0869. The van der Waals surface area contributed by atoms with E-state index in [1.165, 1.54) is 10.9 Å². The summed E-state index contributed by atoms with van der Waals surface area (Å²) in [6.07, 6.45) is 1.49. The number of halogens is 1. The van der Waals surface area contributed by atoms with Crippen LogP contribution >= 0.6 is 11.6 Å². The van der Waals surface area contributed by atoms with E-state index in [0.29, 0.717) is 16.3 Å². The Hall–Kier alpha value is -1.61. The number of aromatic nitrogens is 2. The van der Waals surface area contributed by atoms with Crippen molar-refractivity contribution in [3.05, 3.63) is 51.8 Å². The van der Waals surface area contributed by atoms with Crippen LogP contribution in [0.4, 0.5) is 0 Å². The summed E-state index contributed by atoms with van der Waals surface area (Å²) in [5, 5.41) is 4.37. The Morgan fingerprint density at radius 2 is 2.06 bits per heavy atom. The Balaban J connectivity index is 2.55. The lowest BCUT2D eigenvalue weighted by molar-refractivity contribution is 0.103. The molecular formula is C13H13ClN2O. The summed E-state index contributed by atoms with van der Waals surface area (Å²) in [7, 11) is 1.71. The van der Waals surface area contributed by atoms with Crippen LogP contribution in [0.15, 0.2) is 24.4 Å². The second-order valence-corrected chi connectivity index (χ2v) is 4.52. The zero-order valence-corrected chi connectivity index (χ0v) is 10.7. The minimum atomic E-state index is -0.0869. The fourth-order valence-corrected chi connectivity index (χ4v) is 2.03. The highest BCUT2D eigenvalue weighted by Gasteiger charge is 2.19. The molecule has 0 unspecified atom stereocenters. The molecule has 0 aliphatic carbocycles. The summed E-state index contributed by atoms with van der Waals surface area (Å²) >= 11 is 5.98. The maximum absolute atomic E-state index is 12.4. The van der Waals surface area contributed by atoms with Crippen LogP contribution in [0.3, 0.4) is 0 Å². The summed E-state index contributed by atoms with van der Waals surface area (Å²) in [6, 6.07) is 5.80. The normalized spacial score (nSPS) is 10.6. The fraction of sp³-hybridized carbons (Fsp3) is 0.231. The van der Waals surface area contributed by atoms with Gasteiger partial charge in [-0.15, -0.1) is 0 Å². The number of rotatable bonds is 2. The van der Waals surface area contributed by atoms with Crippen LogP contribution < -0.4 is 0 Å². The molecule has 17 heavy (non-hydrogen) atoms. The third-order valence-electron chi connectivity index (χ3n) is 2.75. The van der Waals surface area contributed by atoms with Gasteiger partial charge in [0.15, 0.2) is 0 Å². The van der Waals surface area contributed by atoms with E-state index >= 15 is 0 Å². The van der Waals surface area contributed by atoms with E-state index in [9.17, 15) is 4.79 Å². The lowest BCUT2D eigenvalue weighted by atomic mass is 10.0. The van der Waals surface area contributed by atoms with E-state index in [2.05, 4.69) is 5.10 Å². The number of benzene rings is 1. The molecule has 2 aromatic rings. The van der Waals surface area contributed by atoms with Crippen LogP contribution in [0.2, 0.25) is 5.02 Å². The van der Waals surface area contributed by atoms with Gasteiger partial charge in [-0.05, 0) is 25.5 Å². The number of hydrogen-bond donors (Lipinski definition) is 0. The molecule has 1 aromatic carbocycles. The largest absolute Gasteiger partial charge is 0.287 e. The minimum Gasteiger partial charge on any atom is -0.287 e. The molecule has 0 saturated heterocycles. The summed E-state index contributed by atoms with van der Waals surface area (Å²) in [5.41, 5.74) is 3.10. The van der Waals surface area contributed by atoms with E-state index in [1.54, 1.807) is 7.05 Å². The molecular weight excluding hydrogens is 236 g/mol. The lowest BCUT2D eigenvalue weighted by Gasteiger charge is -2.07. The first-order chi connectivity index (χ1) is 8.00. The first-order valence-corrected chi connectivity index (χ1v) is 5.68. The highest BCUT2D eigenvalue weighted by Crippen LogP contribution is 2.21. The van der Waals surface area contributed by atoms with Crippen molar-refractivity contribution >= 4 is 17.4 Å².